The number of esters is 2. The first-order valence-corrected chi connectivity index (χ1v) is 12.7. The number of hydrazone groups is 1. The fourth-order valence-corrected chi connectivity index (χ4v) is 3.77. The number of nitrogens with zero attached hydrogens (tertiary/aromatic N) is 2. The number of nitrogens with one attached hydrogen (secondary N) is 1. The molecule has 0 saturated carbocycles. The number of anilines is 1. The van der Waals surface area contributed by atoms with Crippen LogP contribution in [-0.4, -0.2) is 67.4 Å². The average molecular weight is 630 g/mol. The Morgan fingerprint density at radius 2 is 1.63 bits per heavy atom. The third-order valence-electron chi connectivity index (χ3n) is 5.76. The second-order valence-corrected chi connectivity index (χ2v) is 8.91. The Morgan fingerprint density at radius 3 is 2.12 bits per heavy atom. The highest BCUT2D eigenvalue weighted by Gasteiger charge is 2.34. The molecule has 16 heteroatoms. The van der Waals surface area contributed by atoms with Crippen LogP contribution in [0.25, 0.3) is 0 Å². The molecule has 2 aromatic carbocycles. The van der Waals surface area contributed by atoms with Gasteiger partial charge in [-0.1, -0.05) is 19.1 Å². The van der Waals surface area contributed by atoms with Gasteiger partial charge in [-0.15, -0.1) is 13.2 Å². The highest BCUT2D eigenvalue weighted by atomic mass is 35.5. The van der Waals surface area contributed by atoms with Crippen LogP contribution in [0.3, 0.4) is 0 Å². The van der Waals surface area contributed by atoms with E-state index in [0.717, 1.165) is 20.3 Å². The zero-order valence-corrected chi connectivity index (χ0v) is 24.1. The lowest BCUT2D eigenvalue weighted by Crippen LogP contribution is -2.36. The number of ether oxygens (including phenoxy) is 4. The van der Waals surface area contributed by atoms with E-state index in [9.17, 15) is 37.1 Å². The van der Waals surface area contributed by atoms with Crippen molar-refractivity contribution < 1.29 is 56.1 Å². The number of halogens is 4. The molecular weight excluding hydrogens is 603 g/mol. The lowest BCUT2D eigenvalue weighted by Gasteiger charge is -2.29. The number of carbonyl (C=O) groups is 5. The molecule has 1 heterocycles. The Bertz CT molecular complexity index is 1380. The van der Waals surface area contributed by atoms with Crippen molar-refractivity contribution in [1.29, 1.82) is 0 Å². The van der Waals surface area contributed by atoms with E-state index in [4.69, 9.17) is 4.74 Å². The maximum atomic E-state index is 12.7. The number of hydrogen-bond donors (Lipinski definition) is 1. The lowest BCUT2D eigenvalue weighted by atomic mass is 9.89. The number of hydrogen-bond acceptors (Lipinski definition) is 10. The second-order valence-electron chi connectivity index (χ2n) is 8.57. The molecule has 0 bridgehead atoms. The van der Waals surface area contributed by atoms with E-state index in [-0.39, 0.29) is 30.5 Å². The second kappa shape index (κ2) is 15.5. The van der Waals surface area contributed by atoms with E-state index in [1.165, 1.54) is 24.3 Å². The van der Waals surface area contributed by atoms with Gasteiger partial charge < -0.3 is 24.3 Å². The van der Waals surface area contributed by atoms with E-state index < -0.39 is 35.2 Å². The fourth-order valence-electron chi connectivity index (χ4n) is 3.69. The average Bonchev–Trinajstić information content (AvgIpc) is 2.97. The van der Waals surface area contributed by atoms with Crippen molar-refractivity contribution in [2.24, 2.45) is 11.0 Å². The summed E-state index contributed by atoms with van der Waals surface area (Å²) in [7, 11) is 3.41. The summed E-state index contributed by atoms with van der Waals surface area (Å²) in [6, 6.07) is 10.4. The lowest BCUT2D eigenvalue weighted by molar-refractivity contribution is -0.275. The number of rotatable bonds is 8. The molecule has 0 saturated heterocycles. The van der Waals surface area contributed by atoms with Gasteiger partial charge in [0.2, 0.25) is 5.91 Å². The van der Waals surface area contributed by atoms with Gasteiger partial charge in [-0.25, -0.2) is 14.6 Å². The number of alkyl halides is 3. The minimum Gasteiger partial charge on any atom is -0.493 e. The van der Waals surface area contributed by atoms with Crippen LogP contribution in [0.5, 0.6) is 11.5 Å². The van der Waals surface area contributed by atoms with Gasteiger partial charge in [0.1, 0.15) is 0 Å². The Hall–Kier alpha value is -4.66. The Labute approximate surface area is 248 Å². The van der Waals surface area contributed by atoms with Gasteiger partial charge in [0.25, 0.3) is 0 Å². The van der Waals surface area contributed by atoms with Crippen LogP contribution in [0, 0.1) is 5.92 Å². The quantitative estimate of drug-likeness (QED) is 0.261. The third kappa shape index (κ3) is 10.3. The number of amides is 2. The highest BCUT2D eigenvalue weighted by molar-refractivity contribution is 6.80. The Balaban J connectivity index is 0.000000821. The molecule has 1 aliphatic heterocycles. The van der Waals surface area contributed by atoms with Gasteiger partial charge in [0.05, 0.1) is 33.6 Å². The van der Waals surface area contributed by atoms with Crippen molar-refractivity contribution >= 4 is 52.0 Å². The summed E-state index contributed by atoms with van der Waals surface area (Å²) in [5, 5.41) is 7.10. The predicted octanol–water partition coefficient (Wildman–Crippen LogP) is 3.79. The molecule has 2 amide bonds. The normalized spacial score (nSPS) is 14.4. The van der Waals surface area contributed by atoms with E-state index in [0.29, 0.717) is 28.9 Å². The van der Waals surface area contributed by atoms with Crippen molar-refractivity contribution in [1.82, 2.24) is 5.01 Å². The van der Waals surface area contributed by atoms with Crippen LogP contribution in [0.2, 0.25) is 0 Å². The summed E-state index contributed by atoms with van der Waals surface area (Å²) >= 11 is 4.61. The highest BCUT2D eigenvalue weighted by Crippen LogP contribution is 2.35. The molecule has 1 N–H and O–H groups in total. The van der Waals surface area contributed by atoms with Crippen molar-refractivity contribution in [3.05, 3.63) is 53.6 Å². The van der Waals surface area contributed by atoms with Gasteiger partial charge in [0.15, 0.2) is 11.5 Å². The standard InChI is InChI=1S/C24H24F3N3O6.C3H3ClO3/c1-4-15-12-20(31)30(13-14-5-8-17(9-6-14)28-22(32)23(33)35-3)29-21(15)16-7-10-18(19(11-16)34-2)36-24(25,26)27;1-7-3(6)2(4)5/h5-11,15H,4,12-13H2,1-3H3,(H,28,32);1H3. The molecule has 1 atom stereocenters. The SMILES string of the molecule is CCC1CC(=O)N(Cc2ccc(NC(=O)C(=O)OC)cc2)N=C1c1ccc(OC(F)(F)F)c(OC)c1.COC(=O)C(=O)Cl. The molecular formula is C27H27ClF3N3O9. The van der Waals surface area contributed by atoms with E-state index in [1.54, 1.807) is 24.3 Å². The summed E-state index contributed by atoms with van der Waals surface area (Å²) < 4.78 is 55.4. The van der Waals surface area contributed by atoms with Crippen LogP contribution in [0.4, 0.5) is 18.9 Å². The van der Waals surface area contributed by atoms with Gasteiger partial charge in [-0.3, -0.25) is 14.4 Å². The Kier molecular flexibility index (Phi) is 12.5. The Morgan fingerprint density at radius 1 is 1.00 bits per heavy atom. The van der Waals surface area contributed by atoms with E-state index in [2.05, 4.69) is 36.2 Å². The van der Waals surface area contributed by atoms with Crippen LogP contribution >= 0.6 is 11.6 Å². The monoisotopic (exact) mass is 629 g/mol. The first-order valence-electron chi connectivity index (χ1n) is 12.3. The zero-order chi connectivity index (χ0) is 32.3. The van der Waals surface area contributed by atoms with Crippen LogP contribution < -0.4 is 14.8 Å². The molecule has 43 heavy (non-hydrogen) atoms. The molecule has 0 aromatic heterocycles. The summed E-state index contributed by atoms with van der Waals surface area (Å²) in [5.74, 6) is -4.01. The summed E-state index contributed by atoms with van der Waals surface area (Å²) in [6.45, 7) is 2.01. The minimum absolute atomic E-state index is 0.115. The topological polar surface area (TPSA) is 150 Å². The molecule has 0 radical (unpaired) electrons. The molecule has 12 nitrogen and oxygen atoms in total. The molecule has 0 aliphatic carbocycles. The van der Waals surface area contributed by atoms with E-state index >= 15 is 0 Å². The van der Waals surface area contributed by atoms with Crippen molar-refractivity contribution in [3.63, 3.8) is 0 Å². The maximum absolute atomic E-state index is 12.7. The molecule has 1 unspecified atom stereocenters. The van der Waals surface area contributed by atoms with Crippen LogP contribution in [0.15, 0.2) is 47.6 Å². The summed E-state index contributed by atoms with van der Waals surface area (Å²) in [6.07, 6.45) is -4.11. The maximum Gasteiger partial charge on any atom is 0.573 e. The molecule has 3 rings (SSSR count). The van der Waals surface area contributed by atoms with Crippen molar-refractivity contribution in [2.45, 2.75) is 32.7 Å². The van der Waals surface area contributed by atoms with Gasteiger partial charge in [0, 0.05) is 23.6 Å². The zero-order valence-electron chi connectivity index (χ0n) is 23.3. The number of methoxy groups -OCH3 is 3. The molecule has 232 valence electrons. The predicted molar refractivity (Wildman–Crippen MR) is 145 cm³/mol. The van der Waals surface area contributed by atoms with Crippen molar-refractivity contribution in [2.75, 3.05) is 26.6 Å². The van der Waals surface area contributed by atoms with Crippen molar-refractivity contribution in [3.8, 4) is 11.5 Å². The van der Waals surface area contributed by atoms with Crippen LogP contribution in [0.1, 0.15) is 30.9 Å². The third-order valence-corrected chi connectivity index (χ3v) is 5.92. The first kappa shape index (κ1) is 34.5. The summed E-state index contributed by atoms with van der Waals surface area (Å²) in [4.78, 5) is 55.1. The number of benzene rings is 2. The summed E-state index contributed by atoms with van der Waals surface area (Å²) in [5.41, 5.74) is 2.11. The molecule has 2 aromatic rings. The minimum atomic E-state index is -4.87. The first-order chi connectivity index (χ1) is 20.2. The smallest absolute Gasteiger partial charge is 0.493 e. The molecule has 0 fully saturated rings. The largest absolute Gasteiger partial charge is 0.573 e. The fraction of sp³-hybridized carbons (Fsp3) is 0.333. The van der Waals surface area contributed by atoms with E-state index in [1.807, 2.05) is 6.92 Å². The number of carbonyl (C=O) groups excluding carboxylic acids is 5. The molecule has 1 aliphatic rings. The van der Waals surface area contributed by atoms with Gasteiger partial charge in [-0.05, 0) is 53.9 Å². The molecule has 0 spiro atoms. The van der Waals surface area contributed by atoms with Crippen LogP contribution in [-0.2, 0) is 40.0 Å². The van der Waals surface area contributed by atoms with Gasteiger partial charge in [-0.2, -0.15) is 5.10 Å². The van der Waals surface area contributed by atoms with Gasteiger partial charge >= 0.3 is 29.5 Å².